The highest BCUT2D eigenvalue weighted by atomic mass is 35.5. The number of anilines is 1. The summed E-state index contributed by atoms with van der Waals surface area (Å²) in [4.78, 5) is 29.8. The third-order valence-electron chi connectivity index (χ3n) is 5.29. The Morgan fingerprint density at radius 3 is 2.32 bits per heavy atom. The summed E-state index contributed by atoms with van der Waals surface area (Å²) in [6.45, 7) is 0.236. The fourth-order valence-electron chi connectivity index (χ4n) is 3.34. The minimum Gasteiger partial charge on any atom is -0.384 e. The van der Waals surface area contributed by atoms with Crippen LogP contribution in [0.5, 0.6) is 0 Å². The largest absolute Gasteiger partial charge is 0.384 e. The third-order valence-corrected chi connectivity index (χ3v) is 6.03. The third kappa shape index (κ3) is 7.73. The van der Waals surface area contributed by atoms with E-state index in [2.05, 4.69) is 15.6 Å². The van der Waals surface area contributed by atoms with Crippen molar-refractivity contribution in [3.8, 4) is 0 Å². The Hall–Kier alpha value is -3.13. The van der Waals surface area contributed by atoms with Crippen LogP contribution in [-0.4, -0.2) is 28.9 Å². The van der Waals surface area contributed by atoms with Crippen LogP contribution in [0.25, 0.3) is 0 Å². The molecule has 0 saturated carbocycles. The van der Waals surface area contributed by atoms with Crippen LogP contribution in [0.2, 0.25) is 10.0 Å². The van der Waals surface area contributed by atoms with E-state index in [0.29, 0.717) is 28.7 Å². The molecule has 3 rings (SSSR count). The maximum atomic E-state index is 13.0. The number of nitrogen functional groups attached to an aromatic ring is 1. The lowest BCUT2D eigenvalue weighted by molar-refractivity contribution is -0.129. The summed E-state index contributed by atoms with van der Waals surface area (Å²) in [6.07, 6.45) is 2.92. The monoisotopic (exact) mass is 499 g/mol. The molecule has 0 bridgehead atoms. The predicted molar refractivity (Wildman–Crippen MR) is 135 cm³/mol. The summed E-state index contributed by atoms with van der Waals surface area (Å²) in [5.74, 6) is -0.360. The van der Waals surface area contributed by atoms with Crippen LogP contribution >= 0.6 is 23.2 Å². The SMILES string of the molecule is Nc1ccc(CNC(=O)[C@H](Cc2ccc(Cl)c(Cl)c2)NC(=O)[C@H](N)CCc2ccccc2)cn1. The van der Waals surface area contributed by atoms with E-state index < -0.39 is 18.0 Å². The summed E-state index contributed by atoms with van der Waals surface area (Å²) >= 11 is 12.1. The first-order valence-corrected chi connectivity index (χ1v) is 11.6. The normalized spacial score (nSPS) is 12.6. The number of nitrogens with zero attached hydrogens (tertiary/aromatic N) is 1. The number of hydrogen-bond donors (Lipinski definition) is 4. The Balaban J connectivity index is 1.66. The van der Waals surface area contributed by atoms with E-state index in [4.69, 9.17) is 34.7 Å². The molecule has 2 aromatic carbocycles. The van der Waals surface area contributed by atoms with Crippen LogP contribution < -0.4 is 22.1 Å². The van der Waals surface area contributed by atoms with Crippen LogP contribution in [0.1, 0.15) is 23.1 Å². The molecule has 0 fully saturated rings. The highest BCUT2D eigenvalue weighted by Crippen LogP contribution is 2.23. The summed E-state index contributed by atoms with van der Waals surface area (Å²) in [5.41, 5.74) is 14.4. The lowest BCUT2D eigenvalue weighted by Crippen LogP contribution is -2.52. The molecule has 0 aliphatic heterocycles. The molecule has 1 aromatic heterocycles. The molecular formula is C25H27Cl2N5O2. The first-order chi connectivity index (χ1) is 16.3. The van der Waals surface area contributed by atoms with E-state index in [9.17, 15) is 9.59 Å². The number of rotatable bonds is 10. The number of nitrogens with one attached hydrogen (secondary N) is 2. The van der Waals surface area contributed by atoms with Crippen LogP contribution in [0, 0.1) is 0 Å². The van der Waals surface area contributed by atoms with Crippen LogP contribution in [-0.2, 0) is 29.0 Å². The van der Waals surface area contributed by atoms with Gasteiger partial charge in [-0.3, -0.25) is 9.59 Å². The van der Waals surface area contributed by atoms with Gasteiger partial charge >= 0.3 is 0 Å². The van der Waals surface area contributed by atoms with Gasteiger partial charge < -0.3 is 22.1 Å². The van der Waals surface area contributed by atoms with E-state index >= 15 is 0 Å². The maximum absolute atomic E-state index is 13.0. The van der Waals surface area contributed by atoms with Gasteiger partial charge in [-0.05, 0) is 47.7 Å². The summed E-state index contributed by atoms with van der Waals surface area (Å²) in [6, 6.07) is 16.7. The van der Waals surface area contributed by atoms with Crippen molar-refractivity contribution >= 4 is 40.8 Å². The zero-order chi connectivity index (χ0) is 24.5. The highest BCUT2D eigenvalue weighted by Gasteiger charge is 2.24. The molecule has 0 unspecified atom stereocenters. The van der Waals surface area contributed by atoms with Gasteiger partial charge in [0.05, 0.1) is 16.1 Å². The van der Waals surface area contributed by atoms with E-state index in [1.54, 1.807) is 36.5 Å². The Labute approximate surface area is 208 Å². The lowest BCUT2D eigenvalue weighted by atomic mass is 10.0. The predicted octanol–water partition coefficient (Wildman–Crippen LogP) is 3.27. The molecule has 9 heteroatoms. The standard InChI is InChI=1S/C25H27Cl2N5O2/c26-19-9-6-17(12-20(19)27)13-22(25(34)31-15-18-8-11-23(29)30-14-18)32-24(33)21(28)10-7-16-4-2-1-3-5-16/h1-6,8-9,11-12,14,21-22H,7,10,13,15,28H2,(H2,29,30)(H,31,34)(H,32,33)/t21-,22+/m1/s1. The van der Waals surface area contributed by atoms with Gasteiger partial charge in [0, 0.05) is 19.2 Å². The van der Waals surface area contributed by atoms with E-state index in [1.165, 1.54) is 0 Å². The number of aryl methyl sites for hydroxylation is 1. The van der Waals surface area contributed by atoms with Crippen LogP contribution in [0.3, 0.4) is 0 Å². The van der Waals surface area contributed by atoms with Gasteiger partial charge in [-0.15, -0.1) is 0 Å². The number of aromatic nitrogens is 1. The Morgan fingerprint density at radius 1 is 0.912 bits per heavy atom. The van der Waals surface area contributed by atoms with Gasteiger partial charge in [0.15, 0.2) is 0 Å². The quantitative estimate of drug-likeness (QED) is 0.340. The minimum atomic E-state index is -0.853. The second-order valence-electron chi connectivity index (χ2n) is 7.95. The van der Waals surface area contributed by atoms with Gasteiger partial charge in [0.25, 0.3) is 0 Å². The molecule has 0 spiro atoms. The minimum absolute atomic E-state index is 0.222. The number of nitrogens with two attached hydrogens (primary N) is 2. The zero-order valence-electron chi connectivity index (χ0n) is 18.5. The topological polar surface area (TPSA) is 123 Å². The van der Waals surface area contributed by atoms with Gasteiger partial charge in [-0.25, -0.2) is 4.98 Å². The molecule has 0 saturated heterocycles. The second kappa shape index (κ2) is 12.4. The molecule has 2 atom stereocenters. The highest BCUT2D eigenvalue weighted by molar-refractivity contribution is 6.42. The summed E-state index contributed by atoms with van der Waals surface area (Å²) in [5, 5.41) is 6.41. The van der Waals surface area contributed by atoms with Crippen molar-refractivity contribution in [2.75, 3.05) is 5.73 Å². The number of carbonyl (C=O) groups excluding carboxylic acids is 2. The molecule has 34 heavy (non-hydrogen) atoms. The van der Waals surface area contributed by atoms with E-state index in [0.717, 1.165) is 16.7 Å². The molecule has 0 aliphatic carbocycles. The summed E-state index contributed by atoms with van der Waals surface area (Å²) < 4.78 is 0. The number of carbonyl (C=O) groups is 2. The van der Waals surface area contributed by atoms with Gasteiger partial charge in [0.2, 0.25) is 11.8 Å². The second-order valence-corrected chi connectivity index (χ2v) is 8.77. The molecule has 2 amide bonds. The molecule has 0 radical (unpaired) electrons. The van der Waals surface area contributed by atoms with Crippen molar-refractivity contribution in [3.63, 3.8) is 0 Å². The Kier molecular flexibility index (Phi) is 9.27. The molecule has 3 aromatic rings. The fourth-order valence-corrected chi connectivity index (χ4v) is 3.66. The Bertz CT molecular complexity index is 1110. The van der Waals surface area contributed by atoms with E-state index in [1.807, 2.05) is 30.3 Å². The van der Waals surface area contributed by atoms with Crippen molar-refractivity contribution in [1.29, 1.82) is 0 Å². The average molecular weight is 500 g/mol. The molecule has 7 nitrogen and oxygen atoms in total. The van der Waals surface area contributed by atoms with Crippen molar-refractivity contribution in [2.24, 2.45) is 5.73 Å². The van der Waals surface area contributed by atoms with Crippen molar-refractivity contribution in [3.05, 3.63) is 93.6 Å². The maximum Gasteiger partial charge on any atom is 0.243 e. The smallest absolute Gasteiger partial charge is 0.243 e. The van der Waals surface area contributed by atoms with Crippen molar-refractivity contribution < 1.29 is 9.59 Å². The van der Waals surface area contributed by atoms with Crippen molar-refractivity contribution in [1.82, 2.24) is 15.6 Å². The number of benzene rings is 2. The summed E-state index contributed by atoms with van der Waals surface area (Å²) in [7, 11) is 0. The average Bonchev–Trinajstić information content (AvgIpc) is 2.84. The number of amides is 2. The molecule has 1 heterocycles. The lowest BCUT2D eigenvalue weighted by Gasteiger charge is -2.21. The molecular weight excluding hydrogens is 473 g/mol. The number of pyridine rings is 1. The van der Waals surface area contributed by atoms with E-state index in [-0.39, 0.29) is 18.9 Å². The van der Waals surface area contributed by atoms with Crippen LogP contribution in [0.4, 0.5) is 5.82 Å². The van der Waals surface area contributed by atoms with Crippen molar-refractivity contribution in [2.45, 2.75) is 37.9 Å². The molecule has 0 aliphatic rings. The van der Waals surface area contributed by atoms with Gasteiger partial charge in [0.1, 0.15) is 11.9 Å². The van der Waals surface area contributed by atoms with Gasteiger partial charge in [-0.1, -0.05) is 65.7 Å². The first kappa shape index (κ1) is 25.5. The molecule has 6 N–H and O–H groups in total. The Morgan fingerprint density at radius 2 is 1.65 bits per heavy atom. The molecule has 178 valence electrons. The zero-order valence-corrected chi connectivity index (χ0v) is 20.0. The fraction of sp³-hybridized carbons (Fsp3) is 0.240. The first-order valence-electron chi connectivity index (χ1n) is 10.8. The number of hydrogen-bond acceptors (Lipinski definition) is 5. The van der Waals surface area contributed by atoms with Crippen LogP contribution in [0.15, 0.2) is 66.9 Å². The van der Waals surface area contributed by atoms with Gasteiger partial charge in [-0.2, -0.15) is 0 Å². The number of halogens is 2.